The molecule has 4 rings (SSSR count). The monoisotopic (exact) mass is 457 g/mol. The lowest BCUT2D eigenvalue weighted by molar-refractivity contribution is -0.119. The van der Waals surface area contributed by atoms with E-state index in [1.807, 2.05) is 73.0 Å². The molecule has 0 aliphatic carbocycles. The molecule has 0 radical (unpaired) electrons. The van der Waals surface area contributed by atoms with Crippen LogP contribution in [0.5, 0.6) is 0 Å². The number of nitrogens with one attached hydrogen (secondary N) is 2. The molecule has 0 atom stereocenters. The molecule has 0 fully saturated rings. The molecule has 0 aliphatic heterocycles. The number of amides is 2. The Morgan fingerprint density at radius 1 is 0.818 bits per heavy atom. The van der Waals surface area contributed by atoms with Gasteiger partial charge in [-0.25, -0.2) is 0 Å². The average Bonchev–Trinajstić information content (AvgIpc) is 3.26. The summed E-state index contributed by atoms with van der Waals surface area (Å²) in [4.78, 5) is 24.5. The van der Waals surface area contributed by atoms with Crippen LogP contribution in [0.25, 0.3) is 17.1 Å². The molecule has 3 aromatic carbocycles. The second-order valence-corrected chi connectivity index (χ2v) is 8.44. The highest BCUT2D eigenvalue weighted by Crippen LogP contribution is 2.28. The molecule has 0 spiro atoms. The van der Waals surface area contributed by atoms with Crippen LogP contribution in [0.15, 0.2) is 84.0 Å². The SMILES string of the molecule is Cc1ccc(-c2nnc(SCC(=O)NNC(=O)c3ccccc3)n2-c2ccc(C)cc2)cc1. The molecule has 166 valence electrons. The lowest BCUT2D eigenvalue weighted by Crippen LogP contribution is -2.42. The van der Waals surface area contributed by atoms with Crippen LogP contribution >= 0.6 is 11.8 Å². The molecule has 0 unspecified atom stereocenters. The van der Waals surface area contributed by atoms with Gasteiger partial charge in [-0.05, 0) is 38.1 Å². The molecular weight excluding hydrogens is 434 g/mol. The van der Waals surface area contributed by atoms with Crippen molar-refractivity contribution in [2.24, 2.45) is 0 Å². The van der Waals surface area contributed by atoms with Gasteiger partial charge >= 0.3 is 0 Å². The molecule has 0 bridgehead atoms. The van der Waals surface area contributed by atoms with Crippen LogP contribution in [-0.2, 0) is 4.79 Å². The summed E-state index contributed by atoms with van der Waals surface area (Å²) < 4.78 is 1.94. The van der Waals surface area contributed by atoms with E-state index in [1.165, 1.54) is 11.8 Å². The second-order valence-electron chi connectivity index (χ2n) is 7.50. The van der Waals surface area contributed by atoms with E-state index in [0.29, 0.717) is 16.5 Å². The number of hydrogen-bond donors (Lipinski definition) is 2. The van der Waals surface area contributed by atoms with Crippen molar-refractivity contribution in [3.63, 3.8) is 0 Å². The van der Waals surface area contributed by atoms with Crippen LogP contribution in [-0.4, -0.2) is 32.3 Å². The second kappa shape index (κ2) is 10.1. The van der Waals surface area contributed by atoms with Crippen molar-refractivity contribution in [2.75, 3.05) is 5.75 Å². The Hall–Kier alpha value is -3.91. The van der Waals surface area contributed by atoms with E-state index in [-0.39, 0.29) is 17.6 Å². The molecule has 4 aromatic rings. The van der Waals surface area contributed by atoms with Crippen molar-refractivity contribution < 1.29 is 9.59 Å². The van der Waals surface area contributed by atoms with Crippen molar-refractivity contribution in [1.82, 2.24) is 25.6 Å². The van der Waals surface area contributed by atoms with Crippen molar-refractivity contribution in [3.05, 3.63) is 95.6 Å². The third-order valence-electron chi connectivity index (χ3n) is 4.92. The van der Waals surface area contributed by atoms with Gasteiger partial charge in [0.05, 0.1) is 5.75 Å². The van der Waals surface area contributed by atoms with Crippen molar-refractivity contribution >= 4 is 23.6 Å². The summed E-state index contributed by atoms with van der Waals surface area (Å²) in [5.41, 5.74) is 9.48. The minimum Gasteiger partial charge on any atom is -0.272 e. The predicted molar refractivity (Wildman–Crippen MR) is 129 cm³/mol. The molecule has 0 saturated heterocycles. The van der Waals surface area contributed by atoms with Gasteiger partial charge in [-0.15, -0.1) is 10.2 Å². The molecule has 7 nitrogen and oxygen atoms in total. The van der Waals surface area contributed by atoms with Gasteiger partial charge in [-0.3, -0.25) is 25.0 Å². The van der Waals surface area contributed by atoms with Gasteiger partial charge in [-0.1, -0.05) is 77.5 Å². The van der Waals surface area contributed by atoms with Gasteiger partial charge < -0.3 is 0 Å². The number of carbonyl (C=O) groups is 2. The first kappa shape index (κ1) is 22.3. The Morgan fingerprint density at radius 2 is 1.45 bits per heavy atom. The molecule has 8 heteroatoms. The first-order valence-electron chi connectivity index (χ1n) is 10.4. The van der Waals surface area contributed by atoms with Crippen LogP contribution in [0.4, 0.5) is 0 Å². The van der Waals surface area contributed by atoms with Crippen LogP contribution in [0.3, 0.4) is 0 Å². The number of carbonyl (C=O) groups excluding carboxylic acids is 2. The van der Waals surface area contributed by atoms with Crippen LogP contribution in [0, 0.1) is 13.8 Å². The van der Waals surface area contributed by atoms with E-state index in [0.717, 1.165) is 22.4 Å². The zero-order valence-corrected chi connectivity index (χ0v) is 19.1. The van der Waals surface area contributed by atoms with Crippen molar-refractivity contribution in [3.8, 4) is 17.1 Å². The van der Waals surface area contributed by atoms with Crippen molar-refractivity contribution in [1.29, 1.82) is 0 Å². The highest BCUT2D eigenvalue weighted by molar-refractivity contribution is 7.99. The minimum atomic E-state index is -0.376. The van der Waals surface area contributed by atoms with E-state index in [4.69, 9.17) is 0 Å². The fraction of sp³-hybridized carbons (Fsp3) is 0.120. The number of aromatic nitrogens is 3. The summed E-state index contributed by atoms with van der Waals surface area (Å²) in [7, 11) is 0. The smallest absolute Gasteiger partial charge is 0.269 e. The minimum absolute atomic E-state index is 0.0625. The van der Waals surface area contributed by atoms with Gasteiger partial charge in [0.1, 0.15) is 0 Å². The van der Waals surface area contributed by atoms with E-state index < -0.39 is 0 Å². The van der Waals surface area contributed by atoms with E-state index in [9.17, 15) is 9.59 Å². The maximum atomic E-state index is 12.4. The van der Waals surface area contributed by atoms with Crippen LogP contribution in [0.1, 0.15) is 21.5 Å². The summed E-state index contributed by atoms with van der Waals surface area (Å²) in [6, 6.07) is 24.8. The zero-order chi connectivity index (χ0) is 23.2. The number of benzene rings is 3. The number of nitrogens with zero attached hydrogens (tertiary/aromatic N) is 3. The Balaban J connectivity index is 1.50. The standard InChI is InChI=1S/C25H23N5O2S/c1-17-8-12-19(13-9-17)23-27-29-25(30(23)21-14-10-18(2)11-15-21)33-16-22(31)26-28-24(32)20-6-4-3-5-7-20/h3-15H,16H2,1-2H3,(H,26,31)(H,28,32). The Bertz CT molecular complexity index is 1250. The molecule has 1 aromatic heterocycles. The number of hydrazine groups is 1. The normalized spacial score (nSPS) is 10.6. The van der Waals surface area contributed by atoms with Crippen LogP contribution in [0.2, 0.25) is 0 Å². The third kappa shape index (κ3) is 5.48. The maximum absolute atomic E-state index is 12.4. The van der Waals surface area contributed by atoms with Crippen LogP contribution < -0.4 is 10.9 Å². The lowest BCUT2D eigenvalue weighted by atomic mass is 10.1. The lowest BCUT2D eigenvalue weighted by Gasteiger charge is -2.11. The summed E-state index contributed by atoms with van der Waals surface area (Å²) in [5, 5.41) is 9.32. The quantitative estimate of drug-likeness (QED) is 0.336. The fourth-order valence-corrected chi connectivity index (χ4v) is 3.89. The molecule has 0 aliphatic rings. The highest BCUT2D eigenvalue weighted by Gasteiger charge is 2.17. The first-order chi connectivity index (χ1) is 16.0. The third-order valence-corrected chi connectivity index (χ3v) is 5.85. The van der Waals surface area contributed by atoms with E-state index >= 15 is 0 Å². The topological polar surface area (TPSA) is 88.9 Å². The van der Waals surface area contributed by atoms with Gasteiger partial charge in [0.25, 0.3) is 5.91 Å². The first-order valence-corrected chi connectivity index (χ1v) is 11.4. The Morgan fingerprint density at radius 3 is 2.12 bits per heavy atom. The number of hydrogen-bond acceptors (Lipinski definition) is 5. The summed E-state index contributed by atoms with van der Waals surface area (Å²) in [6.45, 7) is 4.06. The largest absolute Gasteiger partial charge is 0.272 e. The molecular formula is C25H23N5O2S. The fourth-order valence-electron chi connectivity index (χ4n) is 3.13. The summed E-state index contributed by atoms with van der Waals surface area (Å²) in [6.07, 6.45) is 0. The van der Waals surface area contributed by atoms with E-state index in [1.54, 1.807) is 24.3 Å². The number of thioether (sulfide) groups is 1. The number of aryl methyl sites for hydroxylation is 2. The summed E-state index contributed by atoms with van der Waals surface area (Å²) >= 11 is 1.25. The Kier molecular flexibility index (Phi) is 6.85. The molecule has 2 amide bonds. The van der Waals surface area contributed by atoms with Gasteiger partial charge in [0, 0.05) is 16.8 Å². The molecule has 1 heterocycles. The maximum Gasteiger partial charge on any atom is 0.269 e. The Labute approximate surface area is 196 Å². The van der Waals surface area contributed by atoms with E-state index in [2.05, 4.69) is 21.0 Å². The van der Waals surface area contributed by atoms with Gasteiger partial charge in [0.2, 0.25) is 5.91 Å². The van der Waals surface area contributed by atoms with Gasteiger partial charge in [-0.2, -0.15) is 0 Å². The predicted octanol–water partition coefficient (Wildman–Crippen LogP) is 4.10. The summed E-state index contributed by atoms with van der Waals surface area (Å²) in [5.74, 6) is 0.0321. The molecule has 2 N–H and O–H groups in total. The van der Waals surface area contributed by atoms with Gasteiger partial charge in [0.15, 0.2) is 11.0 Å². The average molecular weight is 458 g/mol. The zero-order valence-electron chi connectivity index (χ0n) is 18.3. The molecule has 0 saturated carbocycles. The van der Waals surface area contributed by atoms with Crippen molar-refractivity contribution in [2.45, 2.75) is 19.0 Å². The number of rotatable bonds is 6. The highest BCUT2D eigenvalue weighted by atomic mass is 32.2. The molecule has 33 heavy (non-hydrogen) atoms.